The van der Waals surface area contributed by atoms with Gasteiger partial charge in [0.2, 0.25) is 0 Å². The van der Waals surface area contributed by atoms with Crippen LogP contribution in [0.5, 0.6) is 5.75 Å². The number of aromatic nitrogens is 1. The number of aromatic amines is 1. The Hall–Kier alpha value is -2.25. The van der Waals surface area contributed by atoms with E-state index in [1.807, 2.05) is 31.2 Å². The van der Waals surface area contributed by atoms with Crippen LogP contribution in [-0.4, -0.2) is 48.4 Å². The molecule has 23 heavy (non-hydrogen) atoms. The summed E-state index contributed by atoms with van der Waals surface area (Å²) in [6, 6.07) is 7.88. The quantitative estimate of drug-likeness (QED) is 0.261. The van der Waals surface area contributed by atoms with Gasteiger partial charge in [0.25, 0.3) is 0 Å². The van der Waals surface area contributed by atoms with Crippen LogP contribution in [0.15, 0.2) is 29.3 Å². The molecular weight excluding hydrogens is 294 g/mol. The predicted molar refractivity (Wildman–Crippen MR) is 92.7 cm³/mol. The average molecular weight is 319 g/mol. The Bertz CT molecular complexity index is 649. The minimum absolute atomic E-state index is 0.104. The summed E-state index contributed by atoms with van der Waals surface area (Å²) in [5, 5.41) is 14.1. The lowest BCUT2D eigenvalue weighted by Crippen LogP contribution is -2.32. The van der Waals surface area contributed by atoms with Crippen molar-refractivity contribution in [1.29, 1.82) is 0 Å². The number of hydrogen-bond donors (Lipinski definition) is 5. The molecule has 126 valence electrons. The first-order valence-electron chi connectivity index (χ1n) is 7.71. The third-order valence-corrected chi connectivity index (χ3v) is 3.38. The molecule has 2 aromatic rings. The lowest BCUT2D eigenvalue weighted by molar-refractivity contribution is 0.107. The highest BCUT2D eigenvalue weighted by molar-refractivity contribution is 5.86. The van der Waals surface area contributed by atoms with Crippen molar-refractivity contribution >= 4 is 16.9 Å². The summed E-state index contributed by atoms with van der Waals surface area (Å²) < 4.78 is 5.74. The summed E-state index contributed by atoms with van der Waals surface area (Å²) in [5.74, 6) is 0.881. The van der Waals surface area contributed by atoms with Crippen molar-refractivity contribution < 1.29 is 9.84 Å². The highest BCUT2D eigenvalue weighted by atomic mass is 16.5. The maximum Gasteiger partial charge on any atom is 0.185 e. The molecule has 7 N–H and O–H groups in total. The van der Waals surface area contributed by atoms with Gasteiger partial charge in [-0.3, -0.25) is 4.99 Å². The fourth-order valence-corrected chi connectivity index (χ4v) is 2.32. The third kappa shape index (κ3) is 5.46. The predicted octanol–water partition coefficient (Wildman–Crippen LogP) is 0.469. The lowest BCUT2D eigenvalue weighted by atomic mass is 10.2. The van der Waals surface area contributed by atoms with Crippen molar-refractivity contribution in [2.45, 2.75) is 19.4 Å². The SMILES string of the molecule is Cc1cc2c(OCC(O)CNCCCN=C(N)N)cccc2[nH]1. The number of nitrogens with two attached hydrogens (primary N) is 2. The summed E-state index contributed by atoms with van der Waals surface area (Å²) in [6.07, 6.45) is 0.237. The van der Waals surface area contributed by atoms with E-state index in [1.165, 1.54) is 0 Å². The van der Waals surface area contributed by atoms with Gasteiger partial charge in [-0.05, 0) is 38.1 Å². The van der Waals surface area contributed by atoms with Crippen LogP contribution in [0, 0.1) is 6.92 Å². The molecule has 7 nitrogen and oxygen atoms in total. The number of aryl methyl sites for hydroxylation is 1. The van der Waals surface area contributed by atoms with Crippen molar-refractivity contribution in [1.82, 2.24) is 10.3 Å². The molecule has 0 spiro atoms. The molecule has 2 rings (SSSR count). The molecule has 0 aliphatic carbocycles. The molecule has 0 amide bonds. The number of nitrogens with zero attached hydrogens (tertiary/aromatic N) is 1. The molecule has 1 unspecified atom stereocenters. The zero-order chi connectivity index (χ0) is 16.7. The largest absolute Gasteiger partial charge is 0.490 e. The first kappa shape index (κ1) is 17.1. The Morgan fingerprint density at radius 3 is 3.04 bits per heavy atom. The molecule has 0 radical (unpaired) electrons. The summed E-state index contributed by atoms with van der Waals surface area (Å²) in [5.41, 5.74) is 12.6. The van der Waals surface area contributed by atoms with Gasteiger partial charge in [-0.15, -0.1) is 0 Å². The average Bonchev–Trinajstić information content (AvgIpc) is 2.89. The number of aliphatic hydroxyl groups excluding tert-OH is 1. The van der Waals surface area contributed by atoms with Crippen LogP contribution in [0.1, 0.15) is 12.1 Å². The van der Waals surface area contributed by atoms with E-state index in [0.29, 0.717) is 13.1 Å². The molecule has 1 heterocycles. The number of benzene rings is 1. The van der Waals surface area contributed by atoms with Gasteiger partial charge in [-0.1, -0.05) is 6.07 Å². The molecule has 0 aliphatic heterocycles. The summed E-state index contributed by atoms with van der Waals surface area (Å²) >= 11 is 0. The number of rotatable bonds is 9. The van der Waals surface area contributed by atoms with Crippen LogP contribution in [-0.2, 0) is 0 Å². The Kier molecular flexibility index (Phi) is 6.25. The van der Waals surface area contributed by atoms with Crippen LogP contribution in [0.2, 0.25) is 0 Å². The van der Waals surface area contributed by atoms with Gasteiger partial charge in [0.1, 0.15) is 18.5 Å². The number of H-pyrrole nitrogens is 1. The van der Waals surface area contributed by atoms with Crippen molar-refractivity contribution in [2.24, 2.45) is 16.5 Å². The number of hydrogen-bond acceptors (Lipinski definition) is 4. The summed E-state index contributed by atoms with van der Waals surface area (Å²) in [6.45, 7) is 4.02. The summed E-state index contributed by atoms with van der Waals surface area (Å²) in [4.78, 5) is 7.16. The zero-order valence-corrected chi connectivity index (χ0v) is 13.4. The fraction of sp³-hybridized carbons (Fsp3) is 0.438. The van der Waals surface area contributed by atoms with E-state index < -0.39 is 6.10 Å². The Morgan fingerprint density at radius 1 is 1.43 bits per heavy atom. The minimum atomic E-state index is -0.576. The molecule has 1 aromatic carbocycles. The van der Waals surface area contributed by atoms with Crippen LogP contribution in [0.3, 0.4) is 0 Å². The highest BCUT2D eigenvalue weighted by Crippen LogP contribution is 2.26. The molecule has 0 saturated heterocycles. The number of aliphatic hydroxyl groups is 1. The van der Waals surface area contributed by atoms with Crippen molar-refractivity contribution in [3.63, 3.8) is 0 Å². The first-order chi connectivity index (χ1) is 11.1. The van der Waals surface area contributed by atoms with E-state index >= 15 is 0 Å². The highest BCUT2D eigenvalue weighted by Gasteiger charge is 2.08. The molecular formula is C16H25N5O2. The van der Waals surface area contributed by atoms with Crippen molar-refractivity contribution in [2.75, 3.05) is 26.2 Å². The molecule has 0 fully saturated rings. The van der Waals surface area contributed by atoms with Crippen LogP contribution >= 0.6 is 0 Å². The molecule has 7 heteroatoms. The van der Waals surface area contributed by atoms with Crippen molar-refractivity contribution in [3.8, 4) is 5.75 Å². The van der Waals surface area contributed by atoms with E-state index in [1.54, 1.807) is 0 Å². The van der Waals surface area contributed by atoms with E-state index in [4.69, 9.17) is 16.2 Å². The Labute approximate surface area is 135 Å². The van der Waals surface area contributed by atoms with Gasteiger partial charge in [0.05, 0.1) is 0 Å². The van der Waals surface area contributed by atoms with Gasteiger partial charge >= 0.3 is 0 Å². The maximum atomic E-state index is 9.97. The molecule has 0 aliphatic rings. The second kappa shape index (κ2) is 8.40. The maximum absolute atomic E-state index is 9.97. The van der Waals surface area contributed by atoms with Crippen LogP contribution < -0.4 is 21.5 Å². The molecule has 1 atom stereocenters. The molecule has 0 bridgehead atoms. The Morgan fingerprint density at radius 2 is 2.26 bits per heavy atom. The summed E-state index contributed by atoms with van der Waals surface area (Å²) in [7, 11) is 0. The smallest absolute Gasteiger partial charge is 0.185 e. The first-order valence-corrected chi connectivity index (χ1v) is 7.71. The number of aliphatic imine (C=N–C) groups is 1. The molecule has 1 aromatic heterocycles. The van der Waals surface area contributed by atoms with Crippen LogP contribution in [0.4, 0.5) is 0 Å². The van der Waals surface area contributed by atoms with Gasteiger partial charge in [-0.25, -0.2) is 0 Å². The van der Waals surface area contributed by atoms with Crippen LogP contribution in [0.25, 0.3) is 10.9 Å². The minimum Gasteiger partial charge on any atom is -0.490 e. The second-order valence-corrected chi connectivity index (χ2v) is 5.50. The van der Waals surface area contributed by atoms with Gasteiger partial charge in [0, 0.05) is 29.7 Å². The fourth-order valence-electron chi connectivity index (χ4n) is 2.32. The zero-order valence-electron chi connectivity index (χ0n) is 13.4. The third-order valence-electron chi connectivity index (χ3n) is 3.38. The van der Waals surface area contributed by atoms with Gasteiger partial charge in [-0.2, -0.15) is 0 Å². The van der Waals surface area contributed by atoms with E-state index in [2.05, 4.69) is 15.3 Å². The number of fused-ring (bicyclic) bond motifs is 1. The van der Waals surface area contributed by atoms with E-state index in [9.17, 15) is 5.11 Å². The number of guanidine groups is 1. The normalized spacial score (nSPS) is 12.3. The van der Waals surface area contributed by atoms with Gasteiger partial charge in [0.15, 0.2) is 5.96 Å². The van der Waals surface area contributed by atoms with E-state index in [0.717, 1.165) is 35.3 Å². The number of nitrogens with one attached hydrogen (secondary N) is 2. The Balaban J connectivity index is 1.71. The lowest BCUT2D eigenvalue weighted by Gasteiger charge is -2.13. The van der Waals surface area contributed by atoms with Gasteiger partial charge < -0.3 is 31.6 Å². The number of ether oxygens (including phenoxy) is 1. The standard InChI is InChI=1S/C16H25N5O2/c1-11-8-13-14(21-11)4-2-5-15(13)23-10-12(22)9-19-6-3-7-20-16(17)18/h2,4-5,8,12,19,21-22H,3,6-7,9-10H2,1H3,(H4,17,18,20). The van der Waals surface area contributed by atoms with Crippen molar-refractivity contribution in [3.05, 3.63) is 30.0 Å². The second-order valence-electron chi connectivity index (χ2n) is 5.50. The topological polar surface area (TPSA) is 122 Å². The van der Waals surface area contributed by atoms with E-state index in [-0.39, 0.29) is 12.6 Å². The molecule has 0 saturated carbocycles. The monoisotopic (exact) mass is 319 g/mol.